The van der Waals surface area contributed by atoms with Gasteiger partial charge in [-0.3, -0.25) is 14.4 Å². The van der Waals surface area contributed by atoms with E-state index in [1.54, 1.807) is 24.9 Å². The zero-order valence-corrected chi connectivity index (χ0v) is 24.4. The fourth-order valence-electron chi connectivity index (χ4n) is 4.36. The van der Waals surface area contributed by atoms with Gasteiger partial charge in [-0.1, -0.05) is 38.5 Å². The van der Waals surface area contributed by atoms with Crippen LogP contribution in [0.1, 0.15) is 51.5 Å². The zero-order valence-electron chi connectivity index (χ0n) is 23.6. The van der Waals surface area contributed by atoms with Crippen LogP contribution in [0.2, 0.25) is 0 Å². The van der Waals surface area contributed by atoms with Gasteiger partial charge in [-0.2, -0.15) is 11.8 Å². The number of carbonyl (C=O) groups is 4. The molecule has 1 aromatic heterocycles. The maximum atomic E-state index is 13.5. The Morgan fingerprint density at radius 2 is 1.68 bits per heavy atom. The van der Waals surface area contributed by atoms with E-state index in [1.807, 2.05) is 37.4 Å². The van der Waals surface area contributed by atoms with E-state index in [1.165, 1.54) is 0 Å². The summed E-state index contributed by atoms with van der Waals surface area (Å²) in [4.78, 5) is 54.8. The molecule has 0 spiro atoms. The molecule has 0 aliphatic heterocycles. The number of carboxylic acids is 1. The number of unbranched alkanes of at least 4 members (excludes halogenated alkanes) is 1. The van der Waals surface area contributed by atoms with E-state index in [2.05, 4.69) is 20.9 Å². The molecular formula is C28H44N6O5S. The molecule has 9 N–H and O–H groups in total. The summed E-state index contributed by atoms with van der Waals surface area (Å²) in [6.45, 7) is 4.03. The van der Waals surface area contributed by atoms with Crippen molar-refractivity contribution in [1.29, 1.82) is 0 Å². The number of thioether (sulfide) groups is 1. The molecule has 1 aromatic carbocycles. The van der Waals surface area contributed by atoms with Gasteiger partial charge in [0.1, 0.15) is 18.1 Å². The van der Waals surface area contributed by atoms with Crippen molar-refractivity contribution in [2.24, 2.45) is 17.4 Å². The molecule has 3 amide bonds. The van der Waals surface area contributed by atoms with Gasteiger partial charge < -0.3 is 37.5 Å². The number of hydrogen-bond acceptors (Lipinski definition) is 7. The summed E-state index contributed by atoms with van der Waals surface area (Å²) >= 11 is 1.57. The van der Waals surface area contributed by atoms with E-state index in [9.17, 15) is 24.3 Å². The molecule has 0 aliphatic carbocycles. The summed E-state index contributed by atoms with van der Waals surface area (Å²) in [6, 6.07) is 3.67. The smallest absolute Gasteiger partial charge is 0.326 e. The third kappa shape index (κ3) is 9.83. The zero-order chi connectivity index (χ0) is 29.7. The molecule has 5 unspecified atom stereocenters. The minimum absolute atomic E-state index is 0.116. The standard InChI is InChI=1S/C28H44N6O5S/c1-4-17(2)24(28(38)39)34-27(37)23(15-18-16-31-21-10-6-5-9-19(18)21)33-26(36)22(11-7-8-13-29)32-25(35)20(30)12-14-40-3/h5-6,9-10,16-17,20,22-24,31H,4,7-8,11-15,29-30H2,1-3H3,(H,32,35)(H,33,36)(H,34,37)(H,38,39). The number of carbonyl (C=O) groups excluding carboxylic acids is 3. The fraction of sp³-hybridized carbons (Fsp3) is 0.571. The van der Waals surface area contributed by atoms with Gasteiger partial charge >= 0.3 is 5.97 Å². The molecule has 40 heavy (non-hydrogen) atoms. The van der Waals surface area contributed by atoms with Gasteiger partial charge in [0.15, 0.2) is 0 Å². The fourth-order valence-corrected chi connectivity index (χ4v) is 4.84. The van der Waals surface area contributed by atoms with Crippen LogP contribution in [0.3, 0.4) is 0 Å². The molecule has 5 atom stereocenters. The monoisotopic (exact) mass is 576 g/mol. The lowest BCUT2D eigenvalue weighted by atomic mass is 9.97. The lowest BCUT2D eigenvalue weighted by molar-refractivity contribution is -0.143. The number of fused-ring (bicyclic) bond motifs is 1. The number of nitrogens with one attached hydrogen (secondary N) is 4. The number of aliphatic carboxylic acids is 1. The van der Waals surface area contributed by atoms with Crippen molar-refractivity contribution >= 4 is 46.4 Å². The Balaban J connectivity index is 2.31. The summed E-state index contributed by atoms with van der Waals surface area (Å²) in [5, 5.41) is 18.8. The van der Waals surface area contributed by atoms with Gasteiger partial charge in [0.25, 0.3) is 0 Å². The highest BCUT2D eigenvalue weighted by Crippen LogP contribution is 2.20. The van der Waals surface area contributed by atoms with E-state index in [0.29, 0.717) is 44.4 Å². The molecule has 2 aromatic rings. The second-order valence-electron chi connectivity index (χ2n) is 10.1. The number of aromatic nitrogens is 1. The second-order valence-corrected chi connectivity index (χ2v) is 11.1. The number of carboxylic acid groups (broad SMARTS) is 1. The van der Waals surface area contributed by atoms with Gasteiger partial charge in [-0.05, 0) is 61.8 Å². The van der Waals surface area contributed by atoms with Gasteiger partial charge in [0.05, 0.1) is 6.04 Å². The summed E-state index contributed by atoms with van der Waals surface area (Å²) < 4.78 is 0. The van der Waals surface area contributed by atoms with Crippen molar-refractivity contribution in [1.82, 2.24) is 20.9 Å². The number of benzene rings is 1. The highest BCUT2D eigenvalue weighted by atomic mass is 32.2. The van der Waals surface area contributed by atoms with Crippen molar-refractivity contribution in [3.8, 4) is 0 Å². The lowest BCUT2D eigenvalue weighted by Crippen LogP contribution is -2.58. The SMILES string of the molecule is CCC(C)C(NC(=O)C(Cc1c[nH]c2ccccc12)NC(=O)C(CCCCN)NC(=O)C(N)CCSC)C(=O)O. The maximum absolute atomic E-state index is 13.5. The number of hydrogen-bond donors (Lipinski definition) is 7. The minimum Gasteiger partial charge on any atom is -0.480 e. The third-order valence-electron chi connectivity index (χ3n) is 7.06. The van der Waals surface area contributed by atoms with Gasteiger partial charge in [-0.15, -0.1) is 0 Å². The van der Waals surface area contributed by atoms with Crippen LogP contribution in [-0.4, -0.2) is 76.5 Å². The molecule has 11 nitrogen and oxygen atoms in total. The topological polar surface area (TPSA) is 192 Å². The van der Waals surface area contributed by atoms with Crippen molar-refractivity contribution in [3.05, 3.63) is 36.0 Å². The molecule has 0 saturated heterocycles. The first-order chi connectivity index (χ1) is 19.1. The van der Waals surface area contributed by atoms with Crippen LogP contribution < -0.4 is 27.4 Å². The minimum atomic E-state index is -1.15. The van der Waals surface area contributed by atoms with Crippen LogP contribution in [-0.2, 0) is 25.6 Å². The lowest BCUT2D eigenvalue weighted by Gasteiger charge is -2.26. The first-order valence-electron chi connectivity index (χ1n) is 13.8. The summed E-state index contributed by atoms with van der Waals surface area (Å²) in [7, 11) is 0. The van der Waals surface area contributed by atoms with E-state index in [0.717, 1.165) is 16.5 Å². The Morgan fingerprint density at radius 3 is 2.33 bits per heavy atom. The predicted molar refractivity (Wildman–Crippen MR) is 159 cm³/mol. The van der Waals surface area contributed by atoms with E-state index in [-0.39, 0.29) is 12.3 Å². The molecule has 0 bridgehead atoms. The summed E-state index contributed by atoms with van der Waals surface area (Å²) in [5.74, 6) is -2.37. The van der Waals surface area contributed by atoms with Gasteiger partial charge in [-0.25, -0.2) is 4.79 Å². The molecule has 0 radical (unpaired) electrons. The Bertz CT molecular complexity index is 1130. The molecular weight excluding hydrogens is 532 g/mol. The summed E-state index contributed by atoms with van der Waals surface area (Å²) in [6.07, 6.45) is 6.37. The number of amides is 3. The van der Waals surface area contributed by atoms with Crippen LogP contribution in [0.25, 0.3) is 10.9 Å². The molecule has 1 heterocycles. The quantitative estimate of drug-likeness (QED) is 0.130. The number of rotatable bonds is 18. The number of nitrogens with two attached hydrogens (primary N) is 2. The first-order valence-corrected chi connectivity index (χ1v) is 15.2. The Kier molecular flexibility index (Phi) is 14.0. The number of aromatic amines is 1. The van der Waals surface area contributed by atoms with Crippen molar-refractivity contribution in [2.45, 2.75) is 76.5 Å². The molecule has 222 valence electrons. The van der Waals surface area contributed by atoms with E-state index in [4.69, 9.17) is 11.5 Å². The molecule has 0 fully saturated rings. The average Bonchev–Trinajstić information content (AvgIpc) is 3.35. The first kappa shape index (κ1) is 33.1. The molecule has 0 aliphatic rings. The largest absolute Gasteiger partial charge is 0.480 e. The summed E-state index contributed by atoms with van der Waals surface area (Å²) in [5.41, 5.74) is 13.3. The van der Waals surface area contributed by atoms with Crippen LogP contribution >= 0.6 is 11.8 Å². The highest BCUT2D eigenvalue weighted by molar-refractivity contribution is 7.98. The van der Waals surface area contributed by atoms with Crippen LogP contribution in [0.15, 0.2) is 30.5 Å². The Labute approximate surface area is 240 Å². The highest BCUT2D eigenvalue weighted by Gasteiger charge is 2.32. The number of para-hydroxylation sites is 1. The van der Waals surface area contributed by atoms with Crippen molar-refractivity contribution < 1.29 is 24.3 Å². The number of H-pyrrole nitrogens is 1. The van der Waals surface area contributed by atoms with Crippen LogP contribution in [0.4, 0.5) is 0 Å². The van der Waals surface area contributed by atoms with Gasteiger partial charge in [0.2, 0.25) is 17.7 Å². The molecule has 12 heteroatoms. The predicted octanol–water partition coefficient (Wildman–Crippen LogP) is 1.50. The van der Waals surface area contributed by atoms with Crippen LogP contribution in [0, 0.1) is 5.92 Å². The molecule has 2 rings (SSSR count). The Morgan fingerprint density at radius 1 is 1.00 bits per heavy atom. The Hall–Kier alpha value is -3.09. The average molecular weight is 577 g/mol. The normalized spacial score (nSPS) is 15.0. The molecule has 0 saturated carbocycles. The van der Waals surface area contributed by atoms with Crippen molar-refractivity contribution in [3.63, 3.8) is 0 Å². The second kappa shape index (κ2) is 16.9. The maximum Gasteiger partial charge on any atom is 0.326 e. The third-order valence-corrected chi connectivity index (χ3v) is 7.70. The van der Waals surface area contributed by atoms with Crippen molar-refractivity contribution in [2.75, 3.05) is 18.6 Å². The van der Waals surface area contributed by atoms with Gasteiger partial charge in [0, 0.05) is 23.5 Å². The van der Waals surface area contributed by atoms with E-state index < -0.39 is 47.9 Å². The van der Waals surface area contributed by atoms with E-state index >= 15 is 0 Å². The van der Waals surface area contributed by atoms with Crippen LogP contribution in [0.5, 0.6) is 0 Å².